The number of para-hydroxylation sites is 2. The Morgan fingerprint density at radius 1 is 1.13 bits per heavy atom. The molecule has 1 aromatic heterocycles. The smallest absolute Gasteiger partial charge is 0.212 e. The molecule has 3 N–H and O–H groups in total. The van der Waals surface area contributed by atoms with E-state index in [1.54, 1.807) is 0 Å². The summed E-state index contributed by atoms with van der Waals surface area (Å²) in [5, 5.41) is 3.05. The minimum absolute atomic E-state index is 0.196. The Hall–Kier alpha value is -3.08. The summed E-state index contributed by atoms with van der Waals surface area (Å²) < 4.78 is 2.08. The van der Waals surface area contributed by atoms with Crippen molar-refractivity contribution in [2.45, 2.75) is 13.1 Å². The summed E-state index contributed by atoms with van der Waals surface area (Å²) in [6, 6.07) is 18.2. The van der Waals surface area contributed by atoms with Crippen molar-refractivity contribution in [2.75, 3.05) is 5.32 Å². The van der Waals surface area contributed by atoms with Crippen LogP contribution in [0.25, 0.3) is 17.1 Å². The number of imidazole rings is 1. The predicted octanol–water partition coefficient (Wildman–Crippen LogP) is 3.38. The average Bonchev–Trinajstić information content (AvgIpc) is 2.93. The Kier molecular flexibility index (Phi) is 3.12. The third-order valence-electron chi connectivity index (χ3n) is 3.94. The van der Waals surface area contributed by atoms with E-state index in [0.29, 0.717) is 5.96 Å². The number of hydrogen-bond donors (Lipinski definition) is 2. The first kappa shape index (κ1) is 13.6. The number of aromatic nitrogens is 2. The van der Waals surface area contributed by atoms with Crippen molar-refractivity contribution in [3.8, 4) is 0 Å². The fourth-order valence-corrected chi connectivity index (χ4v) is 2.91. The van der Waals surface area contributed by atoms with Crippen LogP contribution in [-0.2, 0) is 0 Å². The Labute approximate surface area is 134 Å². The Morgan fingerprint density at radius 2 is 1.87 bits per heavy atom. The van der Waals surface area contributed by atoms with Gasteiger partial charge in [0.1, 0.15) is 0 Å². The SMILES string of the molecule is C/C(=C\c1ccccc1)C1N=C(N)Nc2nc3ccccc3n21. The third kappa shape index (κ3) is 2.36. The van der Waals surface area contributed by atoms with Crippen molar-refractivity contribution in [1.82, 2.24) is 9.55 Å². The van der Waals surface area contributed by atoms with Crippen molar-refractivity contribution in [3.05, 3.63) is 65.7 Å². The highest BCUT2D eigenvalue weighted by Crippen LogP contribution is 2.32. The van der Waals surface area contributed by atoms with E-state index < -0.39 is 0 Å². The number of rotatable bonds is 2. The van der Waals surface area contributed by atoms with Gasteiger partial charge in [-0.25, -0.2) is 9.98 Å². The van der Waals surface area contributed by atoms with Gasteiger partial charge in [0.05, 0.1) is 11.0 Å². The van der Waals surface area contributed by atoms with E-state index in [2.05, 4.69) is 45.0 Å². The van der Waals surface area contributed by atoms with Crippen LogP contribution in [0.4, 0.5) is 5.95 Å². The first-order chi connectivity index (χ1) is 11.2. The van der Waals surface area contributed by atoms with Crippen LogP contribution in [0.15, 0.2) is 65.2 Å². The van der Waals surface area contributed by atoms with Crippen LogP contribution < -0.4 is 11.1 Å². The molecule has 1 aliphatic heterocycles. The lowest BCUT2D eigenvalue weighted by molar-refractivity contribution is 0.616. The fraction of sp³-hybridized carbons (Fsp3) is 0.111. The van der Waals surface area contributed by atoms with Crippen LogP contribution >= 0.6 is 0 Å². The molecule has 5 heteroatoms. The highest BCUT2D eigenvalue weighted by atomic mass is 15.4. The first-order valence-electron chi connectivity index (χ1n) is 7.53. The van der Waals surface area contributed by atoms with E-state index in [1.165, 1.54) is 0 Å². The second kappa shape index (κ2) is 5.28. The van der Waals surface area contributed by atoms with Crippen molar-refractivity contribution < 1.29 is 0 Å². The molecule has 2 heterocycles. The second-order valence-corrected chi connectivity index (χ2v) is 5.61. The number of nitrogens with one attached hydrogen (secondary N) is 1. The Morgan fingerprint density at radius 3 is 2.70 bits per heavy atom. The molecular weight excluding hydrogens is 286 g/mol. The molecule has 114 valence electrons. The largest absolute Gasteiger partial charge is 0.370 e. The van der Waals surface area contributed by atoms with Gasteiger partial charge in [-0.05, 0) is 30.2 Å². The molecule has 0 spiro atoms. The molecule has 0 bridgehead atoms. The van der Waals surface area contributed by atoms with Gasteiger partial charge in [-0.1, -0.05) is 48.5 Å². The first-order valence-corrected chi connectivity index (χ1v) is 7.53. The molecule has 0 aliphatic carbocycles. The number of nitrogens with two attached hydrogens (primary N) is 1. The number of benzene rings is 2. The number of guanidine groups is 1. The minimum atomic E-state index is -0.196. The molecule has 0 saturated carbocycles. The molecule has 4 rings (SSSR count). The summed E-state index contributed by atoms with van der Waals surface area (Å²) in [5.41, 5.74) is 10.2. The molecule has 1 atom stereocenters. The molecule has 0 fully saturated rings. The van der Waals surface area contributed by atoms with Gasteiger partial charge in [-0.3, -0.25) is 9.88 Å². The van der Waals surface area contributed by atoms with Crippen LogP contribution in [0.5, 0.6) is 0 Å². The van der Waals surface area contributed by atoms with Gasteiger partial charge >= 0.3 is 0 Å². The fourth-order valence-electron chi connectivity index (χ4n) is 2.91. The molecule has 23 heavy (non-hydrogen) atoms. The van der Waals surface area contributed by atoms with Gasteiger partial charge in [0.15, 0.2) is 12.1 Å². The van der Waals surface area contributed by atoms with E-state index in [-0.39, 0.29) is 6.17 Å². The summed E-state index contributed by atoms with van der Waals surface area (Å²) in [4.78, 5) is 9.19. The summed E-state index contributed by atoms with van der Waals surface area (Å²) in [5.74, 6) is 1.11. The highest BCUT2D eigenvalue weighted by molar-refractivity contribution is 5.94. The van der Waals surface area contributed by atoms with Gasteiger partial charge in [-0.2, -0.15) is 0 Å². The molecular formula is C18H17N5. The van der Waals surface area contributed by atoms with Crippen molar-refractivity contribution in [3.63, 3.8) is 0 Å². The Balaban J connectivity index is 1.85. The number of anilines is 1. The average molecular weight is 303 g/mol. The predicted molar refractivity (Wildman–Crippen MR) is 94.1 cm³/mol. The maximum absolute atomic E-state index is 5.95. The normalized spacial score (nSPS) is 17.5. The van der Waals surface area contributed by atoms with E-state index in [4.69, 9.17) is 5.73 Å². The van der Waals surface area contributed by atoms with E-state index >= 15 is 0 Å². The zero-order valence-electron chi connectivity index (χ0n) is 12.8. The molecule has 5 nitrogen and oxygen atoms in total. The molecule has 1 unspecified atom stereocenters. The number of aliphatic imine (C=N–C) groups is 1. The van der Waals surface area contributed by atoms with Gasteiger partial charge in [0.25, 0.3) is 0 Å². The van der Waals surface area contributed by atoms with Crippen LogP contribution in [0, 0.1) is 0 Å². The topological polar surface area (TPSA) is 68.2 Å². The van der Waals surface area contributed by atoms with Crippen molar-refractivity contribution in [2.24, 2.45) is 10.7 Å². The summed E-state index contributed by atoms with van der Waals surface area (Å²) >= 11 is 0. The van der Waals surface area contributed by atoms with E-state index in [9.17, 15) is 0 Å². The van der Waals surface area contributed by atoms with Crippen molar-refractivity contribution in [1.29, 1.82) is 0 Å². The van der Waals surface area contributed by atoms with Crippen LogP contribution in [0.3, 0.4) is 0 Å². The summed E-state index contributed by atoms with van der Waals surface area (Å²) in [7, 11) is 0. The summed E-state index contributed by atoms with van der Waals surface area (Å²) in [6.45, 7) is 2.07. The number of nitrogens with zero attached hydrogens (tertiary/aromatic N) is 3. The number of hydrogen-bond acceptors (Lipinski definition) is 4. The third-order valence-corrected chi connectivity index (χ3v) is 3.94. The zero-order chi connectivity index (χ0) is 15.8. The van der Waals surface area contributed by atoms with Crippen LogP contribution in [0.1, 0.15) is 18.7 Å². The van der Waals surface area contributed by atoms with E-state index in [0.717, 1.165) is 28.1 Å². The van der Waals surface area contributed by atoms with Gasteiger partial charge in [-0.15, -0.1) is 0 Å². The molecule has 0 radical (unpaired) electrons. The van der Waals surface area contributed by atoms with Crippen LogP contribution in [0.2, 0.25) is 0 Å². The second-order valence-electron chi connectivity index (χ2n) is 5.61. The monoisotopic (exact) mass is 303 g/mol. The molecule has 3 aromatic rings. The quantitative estimate of drug-likeness (QED) is 0.762. The van der Waals surface area contributed by atoms with Gasteiger partial charge in [0, 0.05) is 0 Å². The highest BCUT2D eigenvalue weighted by Gasteiger charge is 2.24. The maximum atomic E-state index is 5.95. The summed E-state index contributed by atoms with van der Waals surface area (Å²) in [6.07, 6.45) is 1.93. The van der Waals surface area contributed by atoms with Gasteiger partial charge < -0.3 is 5.73 Å². The zero-order valence-corrected chi connectivity index (χ0v) is 12.8. The minimum Gasteiger partial charge on any atom is -0.370 e. The lowest BCUT2D eigenvalue weighted by atomic mass is 10.1. The maximum Gasteiger partial charge on any atom is 0.212 e. The lowest BCUT2D eigenvalue weighted by Crippen LogP contribution is -2.31. The Bertz CT molecular complexity index is 921. The molecule has 2 aromatic carbocycles. The van der Waals surface area contributed by atoms with Crippen molar-refractivity contribution >= 4 is 29.0 Å². The van der Waals surface area contributed by atoms with Crippen LogP contribution in [-0.4, -0.2) is 15.5 Å². The molecule has 0 saturated heterocycles. The molecule has 0 amide bonds. The van der Waals surface area contributed by atoms with E-state index in [1.807, 2.05) is 42.5 Å². The standard InChI is InChI=1S/C18H17N5/c1-12(11-13-7-3-2-4-8-13)16-21-17(19)22-18-20-14-9-5-6-10-15(14)23(16)18/h2-11,16H,1H3,(H3,19,20,21,22)/b12-11+. The lowest BCUT2D eigenvalue weighted by Gasteiger charge is -2.24. The number of fused-ring (bicyclic) bond motifs is 3. The molecule has 1 aliphatic rings. The van der Waals surface area contributed by atoms with Gasteiger partial charge in [0.2, 0.25) is 5.95 Å².